The first-order valence-electron chi connectivity index (χ1n) is 8.56. The molecule has 0 amide bonds. The molecule has 2 atom stereocenters. The molecule has 1 aliphatic heterocycles. The minimum absolute atomic E-state index is 0.0552. The van der Waals surface area contributed by atoms with Crippen LogP contribution < -0.4 is 0 Å². The number of alkyl halides is 3. The van der Waals surface area contributed by atoms with Crippen LogP contribution in [0.2, 0.25) is 10.0 Å². The molecule has 1 saturated heterocycles. The summed E-state index contributed by atoms with van der Waals surface area (Å²) in [5, 5.41) is -0.0952. The summed E-state index contributed by atoms with van der Waals surface area (Å²) >= 11 is 12.2. The SMILES string of the molecule is COC(=O)C1OC(c2cc(-c3ncc(C(F)(F)F)cc3Cl)ccc2Cl)OC1C(=O)OC. The van der Waals surface area contributed by atoms with Crippen LogP contribution in [0, 0.1) is 0 Å². The zero-order valence-corrected chi connectivity index (χ0v) is 17.4. The predicted molar refractivity (Wildman–Crippen MR) is 101 cm³/mol. The van der Waals surface area contributed by atoms with Crippen LogP contribution in [0.3, 0.4) is 0 Å². The van der Waals surface area contributed by atoms with Crippen LogP contribution in [0.5, 0.6) is 0 Å². The number of aromatic nitrogens is 1. The summed E-state index contributed by atoms with van der Waals surface area (Å²) in [7, 11) is 2.22. The lowest BCUT2D eigenvalue weighted by Crippen LogP contribution is -2.38. The molecule has 1 aliphatic rings. The Morgan fingerprint density at radius 1 is 1.00 bits per heavy atom. The van der Waals surface area contributed by atoms with Crippen LogP contribution in [0.15, 0.2) is 30.5 Å². The topological polar surface area (TPSA) is 84.0 Å². The van der Waals surface area contributed by atoms with Gasteiger partial charge in [-0.15, -0.1) is 0 Å². The molecular formula is C19H14Cl2F3NO6. The molecule has 0 spiro atoms. The van der Waals surface area contributed by atoms with Crippen molar-refractivity contribution in [2.45, 2.75) is 24.7 Å². The lowest BCUT2D eigenvalue weighted by atomic mass is 10.1. The number of esters is 2. The maximum Gasteiger partial charge on any atom is 0.417 e. The monoisotopic (exact) mass is 479 g/mol. The third kappa shape index (κ3) is 4.77. The van der Waals surface area contributed by atoms with Crippen LogP contribution in [0.25, 0.3) is 11.3 Å². The number of carbonyl (C=O) groups excluding carboxylic acids is 2. The molecule has 0 saturated carbocycles. The molecular weight excluding hydrogens is 466 g/mol. The van der Waals surface area contributed by atoms with Gasteiger partial charge in [-0.25, -0.2) is 9.59 Å². The van der Waals surface area contributed by atoms with Gasteiger partial charge in [0.2, 0.25) is 0 Å². The number of methoxy groups -OCH3 is 2. The Bertz CT molecular complexity index is 993. The highest BCUT2D eigenvalue weighted by molar-refractivity contribution is 6.33. The zero-order chi connectivity index (χ0) is 22.9. The van der Waals surface area contributed by atoms with Gasteiger partial charge in [0.1, 0.15) is 0 Å². The van der Waals surface area contributed by atoms with Crippen molar-refractivity contribution in [3.05, 3.63) is 51.6 Å². The highest BCUT2D eigenvalue weighted by Gasteiger charge is 2.47. The number of hydrogen-bond acceptors (Lipinski definition) is 7. The Kier molecular flexibility index (Phi) is 6.75. The molecule has 2 heterocycles. The quantitative estimate of drug-likeness (QED) is 0.607. The molecule has 1 fully saturated rings. The van der Waals surface area contributed by atoms with Gasteiger partial charge in [0.25, 0.3) is 0 Å². The van der Waals surface area contributed by atoms with E-state index in [1.807, 2.05) is 0 Å². The number of halogens is 5. The largest absolute Gasteiger partial charge is 0.467 e. The molecule has 1 aromatic heterocycles. The van der Waals surface area contributed by atoms with Gasteiger partial charge < -0.3 is 18.9 Å². The number of rotatable bonds is 4. The first-order chi connectivity index (χ1) is 14.6. The average molecular weight is 480 g/mol. The van der Waals surface area contributed by atoms with E-state index in [-0.39, 0.29) is 21.3 Å². The van der Waals surface area contributed by atoms with Crippen LogP contribution in [0.4, 0.5) is 13.2 Å². The zero-order valence-electron chi connectivity index (χ0n) is 15.9. The fraction of sp³-hybridized carbons (Fsp3) is 0.316. The van der Waals surface area contributed by atoms with Gasteiger partial charge in [-0.2, -0.15) is 13.2 Å². The number of pyridine rings is 1. The van der Waals surface area contributed by atoms with Crippen molar-refractivity contribution in [2.75, 3.05) is 14.2 Å². The van der Waals surface area contributed by atoms with Crippen molar-refractivity contribution >= 4 is 35.1 Å². The van der Waals surface area contributed by atoms with Gasteiger partial charge in [-0.1, -0.05) is 29.3 Å². The van der Waals surface area contributed by atoms with Crippen LogP contribution in [-0.4, -0.2) is 43.4 Å². The van der Waals surface area contributed by atoms with E-state index in [1.165, 1.54) is 18.2 Å². The molecule has 0 aliphatic carbocycles. The van der Waals surface area contributed by atoms with E-state index >= 15 is 0 Å². The number of carbonyl (C=O) groups is 2. The van der Waals surface area contributed by atoms with E-state index in [1.54, 1.807) is 0 Å². The van der Waals surface area contributed by atoms with Crippen molar-refractivity contribution in [3.8, 4) is 11.3 Å². The Labute approximate surface area is 184 Å². The number of hydrogen-bond donors (Lipinski definition) is 0. The molecule has 7 nitrogen and oxygen atoms in total. The number of ether oxygens (including phenoxy) is 4. The summed E-state index contributed by atoms with van der Waals surface area (Å²) in [6, 6.07) is 5.08. The highest BCUT2D eigenvalue weighted by atomic mass is 35.5. The second kappa shape index (κ2) is 8.99. The third-order valence-electron chi connectivity index (χ3n) is 4.37. The van der Waals surface area contributed by atoms with Gasteiger partial charge in [0.15, 0.2) is 18.5 Å². The molecule has 2 unspecified atom stereocenters. The lowest BCUT2D eigenvalue weighted by Gasteiger charge is -2.15. The van der Waals surface area contributed by atoms with E-state index in [4.69, 9.17) is 32.7 Å². The lowest BCUT2D eigenvalue weighted by molar-refractivity contribution is -0.160. The smallest absolute Gasteiger partial charge is 0.417 e. The van der Waals surface area contributed by atoms with Crippen molar-refractivity contribution < 1.29 is 41.7 Å². The maximum atomic E-state index is 12.9. The van der Waals surface area contributed by atoms with Crippen LogP contribution >= 0.6 is 23.2 Å². The fourth-order valence-corrected chi connectivity index (χ4v) is 3.34. The molecule has 166 valence electrons. The van der Waals surface area contributed by atoms with E-state index in [0.29, 0.717) is 11.8 Å². The second-order valence-electron chi connectivity index (χ2n) is 6.28. The Morgan fingerprint density at radius 3 is 2.06 bits per heavy atom. The molecule has 0 N–H and O–H groups in total. The molecule has 3 rings (SSSR count). The number of nitrogens with zero attached hydrogens (tertiary/aromatic N) is 1. The summed E-state index contributed by atoms with van der Waals surface area (Å²) in [6.07, 6.45) is -8.03. The summed E-state index contributed by atoms with van der Waals surface area (Å²) in [4.78, 5) is 27.7. The van der Waals surface area contributed by atoms with Crippen LogP contribution in [0.1, 0.15) is 17.4 Å². The van der Waals surface area contributed by atoms with E-state index in [2.05, 4.69) is 14.5 Å². The molecule has 31 heavy (non-hydrogen) atoms. The standard InChI is InChI=1S/C19H14Cl2F3NO6/c1-28-16(26)14-15(17(27)29-2)31-18(30-14)10-5-8(3-4-11(10)20)13-12(21)6-9(7-25-13)19(22,23)24/h3-7,14-15,18H,1-2H3. The molecule has 0 bridgehead atoms. The first-order valence-corrected chi connectivity index (χ1v) is 9.31. The Hall–Kier alpha value is -2.40. The molecule has 2 aromatic rings. The van der Waals surface area contributed by atoms with Crippen molar-refractivity contribution in [3.63, 3.8) is 0 Å². The van der Waals surface area contributed by atoms with E-state index in [9.17, 15) is 22.8 Å². The van der Waals surface area contributed by atoms with E-state index in [0.717, 1.165) is 20.3 Å². The van der Waals surface area contributed by atoms with Gasteiger partial charge in [-0.3, -0.25) is 4.98 Å². The molecule has 0 radical (unpaired) electrons. The summed E-state index contributed by atoms with van der Waals surface area (Å²) in [5.74, 6) is -1.73. The van der Waals surface area contributed by atoms with Crippen molar-refractivity contribution in [2.24, 2.45) is 0 Å². The maximum absolute atomic E-state index is 12.9. The Balaban J connectivity index is 1.97. The number of benzene rings is 1. The highest BCUT2D eigenvalue weighted by Crippen LogP contribution is 2.39. The first kappa shape index (κ1) is 23.3. The second-order valence-corrected chi connectivity index (χ2v) is 7.09. The van der Waals surface area contributed by atoms with Gasteiger partial charge in [0.05, 0.1) is 30.5 Å². The average Bonchev–Trinajstić information content (AvgIpc) is 3.17. The minimum Gasteiger partial charge on any atom is -0.467 e. The summed E-state index contributed by atoms with van der Waals surface area (Å²) < 4.78 is 58.9. The minimum atomic E-state index is -4.60. The normalized spacial score (nSPS) is 21.1. The third-order valence-corrected chi connectivity index (χ3v) is 5.01. The van der Waals surface area contributed by atoms with Gasteiger partial charge in [0, 0.05) is 22.3 Å². The van der Waals surface area contributed by atoms with E-state index < -0.39 is 42.2 Å². The van der Waals surface area contributed by atoms with Crippen molar-refractivity contribution in [1.29, 1.82) is 0 Å². The van der Waals surface area contributed by atoms with Crippen LogP contribution in [-0.2, 0) is 34.7 Å². The molecule has 1 aromatic carbocycles. The van der Waals surface area contributed by atoms with Gasteiger partial charge >= 0.3 is 18.1 Å². The molecule has 12 heteroatoms. The van der Waals surface area contributed by atoms with Gasteiger partial charge in [-0.05, 0) is 18.2 Å². The summed E-state index contributed by atoms with van der Waals surface area (Å²) in [5.41, 5.74) is -0.446. The fourth-order valence-electron chi connectivity index (χ4n) is 2.86. The predicted octanol–water partition coefficient (Wildman–Crippen LogP) is 4.20. The van der Waals surface area contributed by atoms with Crippen molar-refractivity contribution in [1.82, 2.24) is 4.98 Å². The summed E-state index contributed by atoms with van der Waals surface area (Å²) in [6.45, 7) is 0. The Morgan fingerprint density at radius 2 is 1.58 bits per heavy atom.